The van der Waals surface area contributed by atoms with Gasteiger partial charge in [0, 0.05) is 10.2 Å². The zero-order valence-corrected chi connectivity index (χ0v) is 13.5. The number of anilines is 1. The fourth-order valence-electron chi connectivity index (χ4n) is 1.92. The molecule has 0 aliphatic rings. The number of aryl methyl sites for hydroxylation is 1. The van der Waals surface area contributed by atoms with E-state index >= 15 is 0 Å². The van der Waals surface area contributed by atoms with Crippen molar-refractivity contribution in [2.24, 2.45) is 0 Å². The lowest BCUT2D eigenvalue weighted by atomic mass is 10.1. The summed E-state index contributed by atoms with van der Waals surface area (Å²) in [6, 6.07) is 13.2. The van der Waals surface area contributed by atoms with Crippen molar-refractivity contribution < 1.29 is 4.79 Å². The molecule has 0 aliphatic heterocycles. The zero-order chi connectivity index (χ0) is 14.5. The number of carbonyl (C=O) groups excluding carboxylic acids is 1. The van der Waals surface area contributed by atoms with Crippen LogP contribution in [0.2, 0.25) is 5.02 Å². The van der Waals surface area contributed by atoms with E-state index in [1.807, 2.05) is 24.3 Å². The van der Waals surface area contributed by atoms with E-state index in [4.69, 9.17) is 11.6 Å². The monoisotopic (exact) mass is 351 g/mol. The first kappa shape index (κ1) is 15.1. The fraction of sp³-hybridized carbons (Fsp3) is 0.188. The van der Waals surface area contributed by atoms with Crippen LogP contribution in [-0.4, -0.2) is 5.91 Å². The Kier molecular flexibility index (Phi) is 5.21. The van der Waals surface area contributed by atoms with Crippen LogP contribution in [0.25, 0.3) is 0 Å². The standard InChI is InChI=1S/C16H15BrClNO/c1-2-4-11-7-9-12(10-8-11)19-16(20)13-5-3-6-14(17)15(13)18/h3,5-10H,2,4H2,1H3,(H,19,20). The van der Waals surface area contributed by atoms with Gasteiger partial charge in [0.15, 0.2) is 0 Å². The number of hydrogen-bond donors (Lipinski definition) is 1. The van der Waals surface area contributed by atoms with Crippen LogP contribution in [0.15, 0.2) is 46.9 Å². The van der Waals surface area contributed by atoms with Crippen LogP contribution in [-0.2, 0) is 6.42 Å². The molecular formula is C16H15BrClNO. The Morgan fingerprint density at radius 1 is 1.20 bits per heavy atom. The molecule has 0 radical (unpaired) electrons. The molecule has 0 bridgehead atoms. The highest BCUT2D eigenvalue weighted by atomic mass is 79.9. The number of carbonyl (C=O) groups is 1. The van der Waals surface area contributed by atoms with E-state index < -0.39 is 0 Å². The van der Waals surface area contributed by atoms with Crippen molar-refractivity contribution in [2.45, 2.75) is 19.8 Å². The van der Waals surface area contributed by atoms with Crippen molar-refractivity contribution in [2.75, 3.05) is 5.32 Å². The first-order valence-electron chi connectivity index (χ1n) is 6.46. The van der Waals surface area contributed by atoms with Crippen LogP contribution in [0.4, 0.5) is 5.69 Å². The van der Waals surface area contributed by atoms with Crippen molar-refractivity contribution in [3.05, 3.63) is 63.1 Å². The normalized spacial score (nSPS) is 10.3. The van der Waals surface area contributed by atoms with Crippen LogP contribution in [0, 0.1) is 0 Å². The number of nitrogens with one attached hydrogen (secondary N) is 1. The van der Waals surface area contributed by atoms with Crippen LogP contribution in [0.5, 0.6) is 0 Å². The molecule has 2 nitrogen and oxygen atoms in total. The maximum absolute atomic E-state index is 12.2. The minimum Gasteiger partial charge on any atom is -0.322 e. The fourth-order valence-corrected chi connectivity index (χ4v) is 2.50. The van der Waals surface area contributed by atoms with Gasteiger partial charge in [0.05, 0.1) is 10.6 Å². The minimum atomic E-state index is -0.209. The molecule has 2 aromatic carbocycles. The van der Waals surface area contributed by atoms with Gasteiger partial charge in [0.1, 0.15) is 0 Å². The molecule has 0 aliphatic carbocycles. The summed E-state index contributed by atoms with van der Waals surface area (Å²) in [5.74, 6) is -0.209. The maximum Gasteiger partial charge on any atom is 0.257 e. The smallest absolute Gasteiger partial charge is 0.257 e. The molecule has 0 saturated heterocycles. The molecule has 0 atom stereocenters. The van der Waals surface area contributed by atoms with Gasteiger partial charge in [-0.1, -0.05) is 43.1 Å². The summed E-state index contributed by atoms with van der Waals surface area (Å²) >= 11 is 9.43. The third-order valence-corrected chi connectivity index (χ3v) is 4.24. The Hall–Kier alpha value is -1.32. The van der Waals surface area contributed by atoms with Crippen LogP contribution < -0.4 is 5.32 Å². The van der Waals surface area contributed by atoms with E-state index in [0.717, 1.165) is 18.5 Å². The molecule has 0 unspecified atom stereocenters. The van der Waals surface area contributed by atoms with Gasteiger partial charge < -0.3 is 5.32 Å². The molecule has 1 N–H and O–H groups in total. The average molecular weight is 353 g/mol. The number of amides is 1. The molecule has 20 heavy (non-hydrogen) atoms. The van der Waals surface area contributed by atoms with E-state index in [0.29, 0.717) is 15.1 Å². The van der Waals surface area contributed by atoms with Gasteiger partial charge in [0.2, 0.25) is 0 Å². The van der Waals surface area contributed by atoms with E-state index in [1.54, 1.807) is 18.2 Å². The Morgan fingerprint density at radius 2 is 1.90 bits per heavy atom. The third-order valence-electron chi connectivity index (χ3n) is 2.95. The van der Waals surface area contributed by atoms with Crippen molar-refractivity contribution in [3.63, 3.8) is 0 Å². The summed E-state index contributed by atoms with van der Waals surface area (Å²) in [6.45, 7) is 2.14. The molecule has 104 valence electrons. The Morgan fingerprint density at radius 3 is 2.55 bits per heavy atom. The largest absolute Gasteiger partial charge is 0.322 e. The molecule has 0 spiro atoms. The second-order valence-corrected chi connectivity index (χ2v) is 5.73. The summed E-state index contributed by atoms with van der Waals surface area (Å²) in [7, 11) is 0. The zero-order valence-electron chi connectivity index (χ0n) is 11.1. The molecule has 1 amide bonds. The maximum atomic E-state index is 12.2. The molecule has 0 heterocycles. The van der Waals surface area contributed by atoms with Gasteiger partial charge >= 0.3 is 0 Å². The van der Waals surface area contributed by atoms with Crippen molar-refractivity contribution in [1.82, 2.24) is 0 Å². The average Bonchev–Trinajstić information content (AvgIpc) is 2.44. The molecular weight excluding hydrogens is 338 g/mol. The second kappa shape index (κ2) is 6.91. The van der Waals surface area contributed by atoms with Crippen LogP contribution in [0.1, 0.15) is 29.3 Å². The van der Waals surface area contributed by atoms with E-state index in [1.165, 1.54) is 5.56 Å². The molecule has 0 saturated carbocycles. The van der Waals surface area contributed by atoms with Crippen LogP contribution >= 0.6 is 27.5 Å². The quantitative estimate of drug-likeness (QED) is 0.794. The molecule has 2 rings (SSSR count). The van der Waals surface area contributed by atoms with E-state index in [9.17, 15) is 4.79 Å². The van der Waals surface area contributed by atoms with Gasteiger partial charge in [-0.15, -0.1) is 0 Å². The lowest BCUT2D eigenvalue weighted by Crippen LogP contribution is -2.12. The second-order valence-electron chi connectivity index (χ2n) is 4.50. The Bertz CT molecular complexity index is 610. The number of hydrogen-bond acceptors (Lipinski definition) is 1. The minimum absolute atomic E-state index is 0.209. The Labute approximate surface area is 132 Å². The van der Waals surface area contributed by atoms with Gasteiger partial charge in [-0.25, -0.2) is 0 Å². The predicted molar refractivity (Wildman–Crippen MR) is 87.5 cm³/mol. The molecule has 0 fully saturated rings. The van der Waals surface area contributed by atoms with E-state index in [2.05, 4.69) is 28.2 Å². The third kappa shape index (κ3) is 3.62. The Balaban J connectivity index is 2.13. The van der Waals surface area contributed by atoms with Gasteiger partial charge in [-0.3, -0.25) is 4.79 Å². The van der Waals surface area contributed by atoms with Crippen molar-refractivity contribution in [3.8, 4) is 0 Å². The van der Waals surface area contributed by atoms with Crippen molar-refractivity contribution in [1.29, 1.82) is 0 Å². The number of rotatable bonds is 4. The lowest BCUT2D eigenvalue weighted by Gasteiger charge is -2.08. The summed E-state index contributed by atoms with van der Waals surface area (Å²) < 4.78 is 0.713. The lowest BCUT2D eigenvalue weighted by molar-refractivity contribution is 0.102. The van der Waals surface area contributed by atoms with Gasteiger partial charge in [-0.05, 0) is 52.2 Å². The summed E-state index contributed by atoms with van der Waals surface area (Å²) in [5, 5.41) is 3.28. The number of benzene rings is 2. The predicted octanol–water partition coefficient (Wildman–Crippen LogP) is 5.31. The van der Waals surface area contributed by atoms with Crippen LogP contribution in [0.3, 0.4) is 0 Å². The van der Waals surface area contributed by atoms with Gasteiger partial charge in [0.25, 0.3) is 5.91 Å². The summed E-state index contributed by atoms with van der Waals surface area (Å²) in [6.07, 6.45) is 2.16. The highest BCUT2D eigenvalue weighted by Gasteiger charge is 2.12. The van der Waals surface area contributed by atoms with E-state index in [-0.39, 0.29) is 5.91 Å². The first-order chi connectivity index (χ1) is 9.61. The number of halogens is 2. The first-order valence-corrected chi connectivity index (χ1v) is 7.63. The summed E-state index contributed by atoms with van der Waals surface area (Å²) in [4.78, 5) is 12.2. The van der Waals surface area contributed by atoms with Gasteiger partial charge in [-0.2, -0.15) is 0 Å². The SMILES string of the molecule is CCCc1ccc(NC(=O)c2cccc(Br)c2Cl)cc1. The molecule has 4 heteroatoms. The highest BCUT2D eigenvalue weighted by Crippen LogP contribution is 2.26. The topological polar surface area (TPSA) is 29.1 Å². The summed E-state index contributed by atoms with van der Waals surface area (Å²) in [5.41, 5.74) is 2.50. The van der Waals surface area contributed by atoms with Crippen molar-refractivity contribution >= 4 is 39.1 Å². The highest BCUT2D eigenvalue weighted by molar-refractivity contribution is 9.10. The molecule has 0 aromatic heterocycles. The molecule has 2 aromatic rings.